The Hall–Kier alpha value is -1.22. The van der Waals surface area contributed by atoms with E-state index in [9.17, 15) is 26.4 Å². The minimum Gasteiger partial charge on any atom is -0.481 e. The van der Waals surface area contributed by atoms with Crippen molar-refractivity contribution in [1.29, 1.82) is 0 Å². The lowest BCUT2D eigenvalue weighted by Crippen LogP contribution is -2.23. The molecule has 1 aromatic carbocycles. The number of rotatable bonds is 4. The number of hydrogen-bond acceptors (Lipinski definition) is 4. The molecule has 0 saturated carbocycles. The zero-order chi connectivity index (χ0) is 14.0. The second-order valence-electron chi connectivity index (χ2n) is 3.10. The molecule has 1 rings (SSSR count). The standard InChI is InChI=1S/C9H7F3O4S2/c10-9(11,12)18(15,16)7-3-1-6(2-4-7)17-5-8(13)14/h1-4H,5H2,(H,13,14). The highest BCUT2D eigenvalue weighted by Crippen LogP contribution is 2.31. The summed E-state index contributed by atoms with van der Waals surface area (Å²) in [6.45, 7) is 0. The van der Waals surface area contributed by atoms with E-state index < -0.39 is 26.2 Å². The Bertz CT molecular complexity index is 534. The molecule has 0 amide bonds. The largest absolute Gasteiger partial charge is 0.501 e. The van der Waals surface area contributed by atoms with E-state index in [-0.39, 0.29) is 5.75 Å². The molecule has 0 heterocycles. The molecule has 0 aliphatic rings. The third-order valence-electron chi connectivity index (χ3n) is 1.80. The van der Waals surface area contributed by atoms with Crippen LogP contribution in [0.4, 0.5) is 13.2 Å². The van der Waals surface area contributed by atoms with Gasteiger partial charge >= 0.3 is 11.5 Å². The van der Waals surface area contributed by atoms with Crippen LogP contribution in [0.5, 0.6) is 0 Å². The highest BCUT2D eigenvalue weighted by atomic mass is 32.2. The van der Waals surface area contributed by atoms with Gasteiger partial charge in [0.15, 0.2) is 0 Å². The predicted molar refractivity (Wildman–Crippen MR) is 58.0 cm³/mol. The molecule has 9 heteroatoms. The Kier molecular flexibility index (Phi) is 4.28. The van der Waals surface area contributed by atoms with E-state index in [1.54, 1.807) is 0 Å². The summed E-state index contributed by atoms with van der Waals surface area (Å²) in [6.07, 6.45) is 0. The van der Waals surface area contributed by atoms with E-state index in [2.05, 4.69) is 0 Å². The number of hydrogen-bond donors (Lipinski definition) is 1. The lowest BCUT2D eigenvalue weighted by atomic mass is 10.4. The predicted octanol–water partition coefficient (Wildman–Crippen LogP) is 2.16. The summed E-state index contributed by atoms with van der Waals surface area (Å²) in [4.78, 5) is 9.77. The van der Waals surface area contributed by atoms with Gasteiger partial charge in [0.05, 0.1) is 10.6 Å². The van der Waals surface area contributed by atoms with Crippen molar-refractivity contribution in [2.45, 2.75) is 15.3 Å². The summed E-state index contributed by atoms with van der Waals surface area (Å²) in [5.74, 6) is -1.34. The SMILES string of the molecule is O=C(O)CSc1ccc(S(=O)(=O)C(F)(F)F)cc1. The molecule has 0 atom stereocenters. The maximum absolute atomic E-state index is 12.2. The van der Waals surface area contributed by atoms with Crippen molar-refractivity contribution in [3.63, 3.8) is 0 Å². The molecule has 1 aromatic rings. The Morgan fingerprint density at radius 1 is 1.22 bits per heavy atom. The van der Waals surface area contributed by atoms with Gasteiger partial charge in [-0.25, -0.2) is 8.42 Å². The van der Waals surface area contributed by atoms with Gasteiger partial charge in [-0.2, -0.15) is 13.2 Å². The normalized spacial score (nSPS) is 12.4. The topological polar surface area (TPSA) is 71.4 Å². The van der Waals surface area contributed by atoms with Gasteiger partial charge in [0.25, 0.3) is 9.84 Å². The molecule has 100 valence electrons. The molecule has 0 aliphatic heterocycles. The monoisotopic (exact) mass is 300 g/mol. The van der Waals surface area contributed by atoms with Crippen LogP contribution in [0.25, 0.3) is 0 Å². The van der Waals surface area contributed by atoms with Crippen LogP contribution in [-0.2, 0) is 14.6 Å². The Morgan fingerprint density at radius 3 is 2.11 bits per heavy atom. The van der Waals surface area contributed by atoms with Crippen molar-refractivity contribution >= 4 is 27.6 Å². The third-order valence-corrected chi connectivity index (χ3v) is 4.30. The summed E-state index contributed by atoms with van der Waals surface area (Å²) < 4.78 is 58.6. The number of benzene rings is 1. The molecule has 1 N–H and O–H groups in total. The Morgan fingerprint density at radius 2 is 1.72 bits per heavy atom. The zero-order valence-corrected chi connectivity index (χ0v) is 10.3. The number of halogens is 3. The van der Waals surface area contributed by atoms with Gasteiger partial charge in [-0.05, 0) is 24.3 Å². The van der Waals surface area contributed by atoms with Crippen LogP contribution in [0, 0.1) is 0 Å². The summed E-state index contributed by atoms with van der Waals surface area (Å²) in [5, 5.41) is 8.40. The molecule has 4 nitrogen and oxygen atoms in total. The second kappa shape index (κ2) is 5.19. The van der Waals surface area contributed by atoms with Crippen LogP contribution in [-0.4, -0.2) is 30.8 Å². The van der Waals surface area contributed by atoms with Gasteiger partial charge in [-0.15, -0.1) is 11.8 Å². The van der Waals surface area contributed by atoms with E-state index in [4.69, 9.17) is 5.11 Å². The van der Waals surface area contributed by atoms with Crippen molar-refractivity contribution in [2.75, 3.05) is 5.75 Å². The molecule has 0 spiro atoms. The zero-order valence-electron chi connectivity index (χ0n) is 8.64. The molecular weight excluding hydrogens is 293 g/mol. The van der Waals surface area contributed by atoms with Gasteiger partial charge in [-0.3, -0.25) is 4.79 Å². The van der Waals surface area contributed by atoms with Crippen molar-refractivity contribution in [3.8, 4) is 0 Å². The number of carboxylic acids is 1. The van der Waals surface area contributed by atoms with Gasteiger partial charge in [0, 0.05) is 4.90 Å². The van der Waals surface area contributed by atoms with E-state index in [0.717, 1.165) is 36.0 Å². The van der Waals surface area contributed by atoms with Crippen molar-refractivity contribution in [3.05, 3.63) is 24.3 Å². The molecule has 0 aromatic heterocycles. The third kappa shape index (κ3) is 3.39. The average Bonchev–Trinajstić information content (AvgIpc) is 2.25. The highest BCUT2D eigenvalue weighted by molar-refractivity contribution is 8.00. The highest BCUT2D eigenvalue weighted by Gasteiger charge is 2.46. The fourth-order valence-corrected chi connectivity index (χ4v) is 2.37. The molecule has 0 aliphatic carbocycles. The minimum absolute atomic E-state index is 0.259. The van der Waals surface area contributed by atoms with Crippen molar-refractivity contribution < 1.29 is 31.5 Å². The fourth-order valence-electron chi connectivity index (χ4n) is 0.994. The first-order valence-corrected chi connectivity index (χ1v) is 6.87. The number of carbonyl (C=O) groups is 1. The van der Waals surface area contributed by atoms with Crippen LogP contribution in [0.15, 0.2) is 34.1 Å². The lowest BCUT2D eigenvalue weighted by Gasteiger charge is -2.08. The summed E-state index contributed by atoms with van der Waals surface area (Å²) in [5.41, 5.74) is -5.34. The van der Waals surface area contributed by atoms with E-state index >= 15 is 0 Å². The quantitative estimate of drug-likeness (QED) is 0.863. The Labute approximate surface area is 105 Å². The van der Waals surface area contributed by atoms with Gasteiger partial charge in [0.2, 0.25) is 0 Å². The maximum atomic E-state index is 12.2. The molecule has 0 bridgehead atoms. The lowest BCUT2D eigenvalue weighted by molar-refractivity contribution is -0.133. The van der Waals surface area contributed by atoms with Crippen molar-refractivity contribution in [1.82, 2.24) is 0 Å². The molecular formula is C9H7F3O4S2. The van der Waals surface area contributed by atoms with Crippen LogP contribution in [0.2, 0.25) is 0 Å². The number of aliphatic carboxylic acids is 1. The first-order valence-electron chi connectivity index (χ1n) is 4.40. The van der Waals surface area contributed by atoms with Crippen molar-refractivity contribution in [2.24, 2.45) is 0 Å². The summed E-state index contributed by atoms with van der Waals surface area (Å²) >= 11 is 0.880. The molecule has 0 unspecified atom stereocenters. The first kappa shape index (κ1) is 14.8. The van der Waals surface area contributed by atoms with Crippen LogP contribution in [0.1, 0.15) is 0 Å². The fraction of sp³-hybridized carbons (Fsp3) is 0.222. The second-order valence-corrected chi connectivity index (χ2v) is 6.09. The van der Waals surface area contributed by atoms with Crippen LogP contribution < -0.4 is 0 Å². The van der Waals surface area contributed by atoms with Crippen LogP contribution >= 0.6 is 11.8 Å². The molecule has 0 fully saturated rings. The average molecular weight is 300 g/mol. The number of sulfone groups is 1. The van der Waals surface area contributed by atoms with E-state index in [1.807, 2.05) is 0 Å². The Balaban J connectivity index is 2.93. The number of thioether (sulfide) groups is 1. The maximum Gasteiger partial charge on any atom is 0.501 e. The van der Waals surface area contributed by atoms with Crippen LogP contribution in [0.3, 0.4) is 0 Å². The molecule has 18 heavy (non-hydrogen) atoms. The molecule has 0 radical (unpaired) electrons. The first-order chi connectivity index (χ1) is 8.14. The summed E-state index contributed by atoms with van der Waals surface area (Å²) in [7, 11) is -5.35. The minimum atomic E-state index is -5.35. The van der Waals surface area contributed by atoms with E-state index in [0.29, 0.717) is 4.90 Å². The van der Waals surface area contributed by atoms with Gasteiger partial charge in [-0.1, -0.05) is 0 Å². The van der Waals surface area contributed by atoms with Gasteiger partial charge in [0.1, 0.15) is 0 Å². The van der Waals surface area contributed by atoms with Gasteiger partial charge < -0.3 is 5.11 Å². The smallest absolute Gasteiger partial charge is 0.481 e. The summed E-state index contributed by atoms with van der Waals surface area (Å²) in [6, 6.07) is 3.86. The number of carboxylic acid groups (broad SMARTS) is 1. The van der Waals surface area contributed by atoms with E-state index in [1.165, 1.54) is 0 Å². The molecule has 0 saturated heterocycles. The number of alkyl halides is 3.